The molecular weight excluding hydrogens is 223 g/mol. The molecule has 1 aromatic carbocycles. The van der Waals surface area contributed by atoms with E-state index in [0.717, 1.165) is 18.8 Å². The molecule has 1 atom stereocenters. The van der Waals surface area contributed by atoms with E-state index in [1.165, 1.54) is 6.07 Å². The van der Waals surface area contributed by atoms with Crippen LogP contribution in [0.3, 0.4) is 0 Å². The average Bonchev–Trinajstić information content (AvgIpc) is 2.39. The van der Waals surface area contributed by atoms with E-state index in [2.05, 4.69) is 4.90 Å². The largest absolute Gasteiger partial charge is 0.394 e. The Morgan fingerprint density at radius 3 is 2.71 bits per heavy atom. The van der Waals surface area contributed by atoms with Gasteiger partial charge in [-0.3, -0.25) is 0 Å². The number of halogens is 1. The Morgan fingerprint density at radius 1 is 1.41 bits per heavy atom. The van der Waals surface area contributed by atoms with Gasteiger partial charge < -0.3 is 20.5 Å². The third-order valence-corrected chi connectivity index (χ3v) is 2.96. The molecule has 4 nitrogen and oxygen atoms in total. The number of aliphatic hydroxyl groups is 1. The molecule has 3 N–H and O–H groups in total. The van der Waals surface area contributed by atoms with Crippen molar-refractivity contribution in [3.63, 3.8) is 0 Å². The molecule has 0 unspecified atom stereocenters. The highest BCUT2D eigenvalue weighted by Gasteiger charge is 2.15. The molecule has 0 aromatic heterocycles. The van der Waals surface area contributed by atoms with Gasteiger partial charge in [0.05, 0.1) is 25.9 Å². The van der Waals surface area contributed by atoms with Gasteiger partial charge in [0.2, 0.25) is 0 Å². The van der Waals surface area contributed by atoms with Gasteiger partial charge in [0.15, 0.2) is 0 Å². The molecule has 0 amide bonds. The number of benzene rings is 1. The molecule has 1 aliphatic rings. The van der Waals surface area contributed by atoms with Crippen molar-refractivity contribution in [3.05, 3.63) is 29.6 Å². The van der Waals surface area contributed by atoms with Crippen molar-refractivity contribution in [3.8, 4) is 0 Å². The van der Waals surface area contributed by atoms with Gasteiger partial charge in [-0.15, -0.1) is 0 Å². The van der Waals surface area contributed by atoms with Crippen molar-refractivity contribution >= 4 is 5.69 Å². The molecule has 0 spiro atoms. The lowest BCUT2D eigenvalue weighted by molar-refractivity contribution is 0.122. The number of anilines is 1. The quantitative estimate of drug-likeness (QED) is 0.814. The minimum absolute atomic E-state index is 0.256. The minimum Gasteiger partial charge on any atom is -0.394 e. The van der Waals surface area contributed by atoms with Crippen LogP contribution in [0, 0.1) is 5.82 Å². The third kappa shape index (κ3) is 2.74. The Kier molecular flexibility index (Phi) is 3.93. The standard InChI is InChI=1S/C12H17FN2O2/c13-11-7-9(15-3-5-17-6-4-15)1-2-10(11)12(14)8-16/h1-2,7,12,16H,3-6,8,14H2/t12-/m0/s1. The van der Waals surface area contributed by atoms with Crippen molar-refractivity contribution in [2.24, 2.45) is 5.73 Å². The molecule has 0 aliphatic carbocycles. The van der Waals surface area contributed by atoms with E-state index in [1.807, 2.05) is 6.07 Å². The van der Waals surface area contributed by atoms with Crippen molar-refractivity contribution < 1.29 is 14.2 Å². The van der Waals surface area contributed by atoms with Crippen molar-refractivity contribution in [1.29, 1.82) is 0 Å². The summed E-state index contributed by atoms with van der Waals surface area (Å²) in [6.45, 7) is 2.61. The molecule has 0 radical (unpaired) electrons. The number of nitrogens with zero attached hydrogens (tertiary/aromatic N) is 1. The van der Waals surface area contributed by atoms with Gasteiger partial charge in [-0.25, -0.2) is 4.39 Å². The molecule has 1 heterocycles. The maximum absolute atomic E-state index is 13.8. The topological polar surface area (TPSA) is 58.7 Å². The van der Waals surface area contributed by atoms with Gasteiger partial charge in [0.1, 0.15) is 5.82 Å². The number of rotatable bonds is 3. The number of morpholine rings is 1. The van der Waals surface area contributed by atoms with Gasteiger partial charge >= 0.3 is 0 Å². The molecule has 94 valence electrons. The molecule has 1 fully saturated rings. The van der Waals surface area contributed by atoms with Crippen LogP contribution in [0.25, 0.3) is 0 Å². The molecule has 1 aromatic rings. The monoisotopic (exact) mass is 240 g/mol. The summed E-state index contributed by atoms with van der Waals surface area (Å²) in [5.41, 5.74) is 6.78. The smallest absolute Gasteiger partial charge is 0.130 e. The first-order valence-corrected chi connectivity index (χ1v) is 5.71. The van der Waals surface area contributed by atoms with Crippen LogP contribution in [0.15, 0.2) is 18.2 Å². The van der Waals surface area contributed by atoms with Gasteiger partial charge in [-0.05, 0) is 12.1 Å². The fraction of sp³-hybridized carbons (Fsp3) is 0.500. The van der Waals surface area contributed by atoms with E-state index >= 15 is 0 Å². The normalized spacial score (nSPS) is 18.2. The summed E-state index contributed by atoms with van der Waals surface area (Å²) in [5.74, 6) is -0.365. The Labute approximate surface area is 99.8 Å². The van der Waals surface area contributed by atoms with Gasteiger partial charge in [0.25, 0.3) is 0 Å². The van der Waals surface area contributed by atoms with Crippen molar-refractivity contribution in [1.82, 2.24) is 0 Å². The second kappa shape index (κ2) is 5.44. The summed E-state index contributed by atoms with van der Waals surface area (Å²) in [6, 6.07) is 4.28. The summed E-state index contributed by atoms with van der Waals surface area (Å²) in [7, 11) is 0. The van der Waals surface area contributed by atoms with Crippen LogP contribution >= 0.6 is 0 Å². The Morgan fingerprint density at radius 2 is 2.12 bits per heavy atom. The van der Waals surface area contributed by atoms with E-state index in [9.17, 15) is 4.39 Å². The van der Waals surface area contributed by atoms with Gasteiger partial charge in [-0.1, -0.05) is 6.07 Å². The van der Waals surface area contributed by atoms with E-state index in [0.29, 0.717) is 18.8 Å². The van der Waals surface area contributed by atoms with E-state index in [1.54, 1.807) is 6.07 Å². The van der Waals surface area contributed by atoms with Crippen molar-refractivity contribution in [2.45, 2.75) is 6.04 Å². The highest BCUT2D eigenvalue weighted by Crippen LogP contribution is 2.22. The zero-order valence-corrected chi connectivity index (χ0v) is 9.60. The first kappa shape index (κ1) is 12.3. The molecule has 17 heavy (non-hydrogen) atoms. The second-order valence-corrected chi connectivity index (χ2v) is 4.09. The van der Waals surface area contributed by atoms with Crippen LogP contribution in [0.4, 0.5) is 10.1 Å². The lowest BCUT2D eigenvalue weighted by atomic mass is 10.1. The predicted octanol–water partition coefficient (Wildman–Crippen LogP) is 0.654. The summed E-state index contributed by atoms with van der Waals surface area (Å²) >= 11 is 0. The molecule has 2 rings (SSSR count). The van der Waals surface area contributed by atoms with E-state index in [4.69, 9.17) is 15.6 Å². The Hall–Kier alpha value is -1.17. The number of hydrogen-bond acceptors (Lipinski definition) is 4. The number of aliphatic hydroxyl groups excluding tert-OH is 1. The molecule has 5 heteroatoms. The summed E-state index contributed by atoms with van der Waals surface area (Å²) in [5, 5.41) is 8.91. The molecule has 1 aliphatic heterocycles. The number of hydrogen-bond donors (Lipinski definition) is 2. The Bertz CT molecular complexity index is 381. The maximum atomic E-state index is 13.8. The van der Waals surface area contributed by atoms with Crippen LogP contribution in [-0.2, 0) is 4.74 Å². The lowest BCUT2D eigenvalue weighted by Gasteiger charge is -2.29. The zero-order valence-electron chi connectivity index (χ0n) is 9.60. The number of nitrogens with two attached hydrogens (primary N) is 1. The predicted molar refractivity (Wildman–Crippen MR) is 63.4 cm³/mol. The summed E-state index contributed by atoms with van der Waals surface area (Å²) in [6.07, 6.45) is 0. The first-order valence-electron chi connectivity index (χ1n) is 5.71. The second-order valence-electron chi connectivity index (χ2n) is 4.09. The molecule has 1 saturated heterocycles. The third-order valence-electron chi connectivity index (χ3n) is 2.96. The Balaban J connectivity index is 2.17. The fourth-order valence-corrected chi connectivity index (χ4v) is 1.93. The van der Waals surface area contributed by atoms with Crippen LogP contribution in [-0.4, -0.2) is 38.0 Å². The first-order chi connectivity index (χ1) is 8.22. The lowest BCUT2D eigenvalue weighted by Crippen LogP contribution is -2.36. The average molecular weight is 240 g/mol. The highest BCUT2D eigenvalue weighted by atomic mass is 19.1. The van der Waals surface area contributed by atoms with Crippen molar-refractivity contribution in [2.75, 3.05) is 37.8 Å². The van der Waals surface area contributed by atoms with Crippen LogP contribution in [0.1, 0.15) is 11.6 Å². The van der Waals surface area contributed by atoms with E-state index < -0.39 is 6.04 Å². The molecule has 0 saturated carbocycles. The number of ether oxygens (including phenoxy) is 1. The highest BCUT2D eigenvalue weighted by molar-refractivity contribution is 5.49. The van der Waals surface area contributed by atoms with Crippen LogP contribution < -0.4 is 10.6 Å². The van der Waals surface area contributed by atoms with Crippen LogP contribution in [0.5, 0.6) is 0 Å². The molecule has 0 bridgehead atoms. The fourth-order valence-electron chi connectivity index (χ4n) is 1.93. The minimum atomic E-state index is -0.659. The SMILES string of the molecule is N[C@@H](CO)c1ccc(N2CCOCC2)cc1F. The van der Waals surface area contributed by atoms with Gasteiger partial charge in [0, 0.05) is 24.3 Å². The summed E-state index contributed by atoms with van der Waals surface area (Å²) < 4.78 is 19.0. The summed E-state index contributed by atoms with van der Waals surface area (Å²) in [4.78, 5) is 2.07. The molecular formula is C12H17FN2O2. The van der Waals surface area contributed by atoms with E-state index in [-0.39, 0.29) is 12.4 Å². The maximum Gasteiger partial charge on any atom is 0.130 e. The van der Waals surface area contributed by atoms with Gasteiger partial charge in [-0.2, -0.15) is 0 Å². The zero-order chi connectivity index (χ0) is 12.3. The van der Waals surface area contributed by atoms with Crippen LogP contribution in [0.2, 0.25) is 0 Å².